The molecule has 0 bridgehead atoms. The van der Waals surface area contributed by atoms with Crippen molar-refractivity contribution in [3.05, 3.63) is 35.4 Å². The Hall–Kier alpha value is -0.610. The summed E-state index contributed by atoms with van der Waals surface area (Å²) in [7, 11) is 0. The summed E-state index contributed by atoms with van der Waals surface area (Å²) in [4.78, 5) is 0. The first-order valence-electron chi connectivity index (χ1n) is 4.74. The molecule has 1 rings (SSSR count). The minimum Gasteiger partial charge on any atom is -0.307 e. The molecule has 0 amide bonds. The molecule has 0 atom stereocenters. The molecule has 0 fully saturated rings. The maximum absolute atomic E-state index is 13.5. The summed E-state index contributed by atoms with van der Waals surface area (Å²) < 4.78 is 26.2. The van der Waals surface area contributed by atoms with Crippen molar-refractivity contribution in [2.24, 2.45) is 0 Å². The summed E-state index contributed by atoms with van der Waals surface area (Å²) in [5.74, 6) is -0.512. The van der Waals surface area contributed by atoms with Crippen LogP contribution in [0.5, 0.6) is 0 Å². The summed E-state index contributed by atoms with van der Waals surface area (Å²) in [5.41, 5.74) is 0.138. The molecule has 0 saturated carbocycles. The van der Waals surface area contributed by atoms with Gasteiger partial charge < -0.3 is 5.32 Å². The minimum absolute atomic E-state index is 0.374. The van der Waals surface area contributed by atoms with Crippen molar-refractivity contribution in [3.63, 3.8) is 0 Å². The van der Waals surface area contributed by atoms with Gasteiger partial charge in [0.2, 0.25) is 0 Å². The number of benzene rings is 1. The Kier molecular flexibility index (Phi) is 4.11. The van der Waals surface area contributed by atoms with Crippen LogP contribution in [0.4, 0.5) is 8.78 Å². The van der Waals surface area contributed by atoms with Gasteiger partial charge >= 0.3 is 0 Å². The van der Waals surface area contributed by atoms with Gasteiger partial charge in [0, 0.05) is 23.9 Å². The standard InChI is InChI=1S/C11H15F2NS/c1-11(2,6-14-7-15)9-4-3-8(12)5-10(9)13/h3-5,14-15H,6-7H2,1-2H3. The van der Waals surface area contributed by atoms with Crippen molar-refractivity contribution >= 4 is 12.6 Å². The van der Waals surface area contributed by atoms with Crippen LogP contribution in [0.15, 0.2) is 18.2 Å². The highest BCUT2D eigenvalue weighted by molar-refractivity contribution is 7.80. The third kappa shape index (κ3) is 3.18. The van der Waals surface area contributed by atoms with E-state index in [0.29, 0.717) is 18.0 Å². The number of halogens is 2. The summed E-state index contributed by atoms with van der Waals surface area (Å²) in [6, 6.07) is 3.68. The number of hydrogen-bond donors (Lipinski definition) is 2. The SMILES string of the molecule is CC(C)(CNCS)c1ccc(F)cc1F. The van der Waals surface area contributed by atoms with Gasteiger partial charge in [-0.25, -0.2) is 8.78 Å². The molecule has 0 unspecified atom stereocenters. The van der Waals surface area contributed by atoms with Gasteiger partial charge in [-0.15, -0.1) is 0 Å². The Labute approximate surface area is 94.3 Å². The topological polar surface area (TPSA) is 12.0 Å². The van der Waals surface area contributed by atoms with Gasteiger partial charge in [0.15, 0.2) is 0 Å². The van der Waals surface area contributed by atoms with Gasteiger partial charge in [-0.1, -0.05) is 19.9 Å². The molecule has 0 aromatic heterocycles. The minimum atomic E-state index is -0.547. The molecule has 0 aliphatic rings. The zero-order valence-electron chi connectivity index (χ0n) is 8.85. The fourth-order valence-electron chi connectivity index (χ4n) is 1.50. The van der Waals surface area contributed by atoms with Gasteiger partial charge in [0.05, 0.1) is 0 Å². The van der Waals surface area contributed by atoms with Crippen molar-refractivity contribution in [3.8, 4) is 0 Å². The highest BCUT2D eigenvalue weighted by Gasteiger charge is 2.23. The summed E-state index contributed by atoms with van der Waals surface area (Å²) in [5, 5.41) is 3.03. The Balaban J connectivity index is 2.93. The molecule has 1 nitrogen and oxygen atoms in total. The first-order chi connectivity index (χ1) is 6.97. The van der Waals surface area contributed by atoms with Crippen molar-refractivity contribution in [2.75, 3.05) is 12.4 Å². The van der Waals surface area contributed by atoms with Crippen LogP contribution in [0.1, 0.15) is 19.4 Å². The molecule has 0 spiro atoms. The van der Waals surface area contributed by atoms with E-state index in [1.165, 1.54) is 12.1 Å². The lowest BCUT2D eigenvalue weighted by molar-refractivity contribution is 0.456. The van der Waals surface area contributed by atoms with E-state index in [1.807, 2.05) is 13.8 Å². The second kappa shape index (κ2) is 4.94. The zero-order chi connectivity index (χ0) is 11.5. The molecule has 0 radical (unpaired) electrons. The highest BCUT2D eigenvalue weighted by atomic mass is 32.1. The third-order valence-electron chi connectivity index (χ3n) is 2.34. The van der Waals surface area contributed by atoms with E-state index in [4.69, 9.17) is 0 Å². The van der Waals surface area contributed by atoms with E-state index in [2.05, 4.69) is 17.9 Å². The monoisotopic (exact) mass is 231 g/mol. The number of hydrogen-bond acceptors (Lipinski definition) is 2. The lowest BCUT2D eigenvalue weighted by Gasteiger charge is -2.25. The molecule has 1 aromatic carbocycles. The number of thiol groups is 1. The van der Waals surface area contributed by atoms with Crippen molar-refractivity contribution in [1.82, 2.24) is 5.32 Å². The van der Waals surface area contributed by atoms with Crippen molar-refractivity contribution < 1.29 is 8.78 Å². The van der Waals surface area contributed by atoms with E-state index in [9.17, 15) is 8.78 Å². The number of nitrogens with one attached hydrogen (secondary N) is 1. The Morgan fingerprint density at radius 3 is 2.53 bits per heavy atom. The Morgan fingerprint density at radius 1 is 1.33 bits per heavy atom. The Morgan fingerprint density at radius 2 is 2.00 bits per heavy atom. The molecule has 0 saturated heterocycles. The zero-order valence-corrected chi connectivity index (χ0v) is 9.74. The fourth-order valence-corrected chi connectivity index (χ4v) is 1.61. The first-order valence-corrected chi connectivity index (χ1v) is 5.38. The second-order valence-corrected chi connectivity index (χ2v) is 4.41. The maximum atomic E-state index is 13.5. The lowest BCUT2D eigenvalue weighted by Crippen LogP contribution is -2.33. The fraction of sp³-hybridized carbons (Fsp3) is 0.455. The summed E-state index contributed by atoms with van der Waals surface area (Å²) >= 11 is 4.02. The average Bonchev–Trinajstić information content (AvgIpc) is 2.14. The quantitative estimate of drug-likeness (QED) is 0.600. The van der Waals surface area contributed by atoms with Crippen LogP contribution in [0.2, 0.25) is 0 Å². The van der Waals surface area contributed by atoms with Crippen LogP contribution < -0.4 is 5.32 Å². The van der Waals surface area contributed by atoms with Gasteiger partial charge in [0.25, 0.3) is 0 Å². The molecule has 1 N–H and O–H groups in total. The Bertz CT molecular complexity index is 339. The van der Waals surface area contributed by atoms with Crippen molar-refractivity contribution in [1.29, 1.82) is 0 Å². The van der Waals surface area contributed by atoms with E-state index in [-0.39, 0.29) is 5.41 Å². The van der Waals surface area contributed by atoms with Crippen LogP contribution in [0.3, 0.4) is 0 Å². The van der Waals surface area contributed by atoms with Gasteiger partial charge in [-0.3, -0.25) is 0 Å². The van der Waals surface area contributed by atoms with Gasteiger partial charge in [0.1, 0.15) is 11.6 Å². The van der Waals surface area contributed by atoms with E-state index >= 15 is 0 Å². The molecule has 1 aromatic rings. The molecule has 0 heterocycles. The predicted octanol–water partition coefficient (Wildman–Crippen LogP) is 2.72. The van der Waals surface area contributed by atoms with E-state index in [1.54, 1.807) is 0 Å². The highest BCUT2D eigenvalue weighted by Crippen LogP contribution is 2.25. The van der Waals surface area contributed by atoms with Crippen LogP contribution in [-0.4, -0.2) is 12.4 Å². The molecule has 0 aliphatic carbocycles. The average molecular weight is 231 g/mol. The molecule has 15 heavy (non-hydrogen) atoms. The van der Waals surface area contributed by atoms with Gasteiger partial charge in [-0.05, 0) is 11.6 Å². The van der Waals surface area contributed by atoms with Gasteiger partial charge in [-0.2, -0.15) is 12.6 Å². The normalized spacial score (nSPS) is 11.8. The van der Waals surface area contributed by atoms with Crippen LogP contribution >= 0.6 is 12.6 Å². The van der Waals surface area contributed by atoms with E-state index in [0.717, 1.165) is 6.07 Å². The predicted molar refractivity (Wildman–Crippen MR) is 61.2 cm³/mol. The second-order valence-electron chi connectivity index (χ2n) is 4.09. The molecule has 84 valence electrons. The summed E-state index contributed by atoms with van der Waals surface area (Å²) in [6.07, 6.45) is 0. The molecular formula is C11H15F2NS. The van der Waals surface area contributed by atoms with E-state index < -0.39 is 11.6 Å². The summed E-state index contributed by atoms with van der Waals surface area (Å²) in [6.45, 7) is 4.40. The van der Waals surface area contributed by atoms with Crippen molar-refractivity contribution in [2.45, 2.75) is 19.3 Å². The van der Waals surface area contributed by atoms with Crippen LogP contribution in [0, 0.1) is 11.6 Å². The lowest BCUT2D eigenvalue weighted by atomic mass is 9.84. The number of rotatable bonds is 4. The molecule has 4 heteroatoms. The van der Waals surface area contributed by atoms with Crippen LogP contribution in [-0.2, 0) is 5.41 Å². The molecular weight excluding hydrogens is 216 g/mol. The smallest absolute Gasteiger partial charge is 0.129 e. The first kappa shape index (κ1) is 12.5. The third-order valence-corrected chi connectivity index (χ3v) is 2.56. The molecule has 0 aliphatic heterocycles. The largest absolute Gasteiger partial charge is 0.307 e. The maximum Gasteiger partial charge on any atom is 0.129 e. The van der Waals surface area contributed by atoms with Crippen LogP contribution in [0.25, 0.3) is 0 Å².